The van der Waals surface area contributed by atoms with Gasteiger partial charge in [-0.3, -0.25) is 0 Å². The van der Waals surface area contributed by atoms with Crippen molar-refractivity contribution in [2.45, 2.75) is 33.2 Å². The first-order chi connectivity index (χ1) is 7.65. The monoisotopic (exact) mass is 261 g/mol. The Bertz CT molecular complexity index is 301. The zero-order valence-electron chi connectivity index (χ0n) is 9.92. The van der Waals surface area contributed by atoms with E-state index in [1.165, 1.54) is 4.88 Å². The third-order valence-corrected chi connectivity index (χ3v) is 4.49. The van der Waals surface area contributed by atoms with Gasteiger partial charge in [-0.25, -0.2) is 0 Å². The van der Waals surface area contributed by atoms with Crippen LogP contribution >= 0.6 is 22.9 Å². The molecular weight excluding hydrogens is 242 g/mol. The van der Waals surface area contributed by atoms with E-state index in [0.29, 0.717) is 0 Å². The second-order valence-corrected chi connectivity index (χ2v) is 5.97. The highest BCUT2D eigenvalue weighted by Gasteiger charge is 2.24. The Kier molecular flexibility index (Phi) is 5.76. The molecule has 16 heavy (non-hydrogen) atoms. The average molecular weight is 262 g/mol. The van der Waals surface area contributed by atoms with Crippen molar-refractivity contribution < 1.29 is 5.11 Å². The second kappa shape index (κ2) is 6.60. The van der Waals surface area contributed by atoms with Gasteiger partial charge in [0.05, 0.1) is 4.34 Å². The first-order valence-electron chi connectivity index (χ1n) is 5.71. The van der Waals surface area contributed by atoms with Crippen molar-refractivity contribution in [1.82, 2.24) is 5.32 Å². The number of halogens is 1. The molecule has 1 aromatic heterocycles. The third-order valence-electron chi connectivity index (χ3n) is 3.26. The number of hydrogen-bond acceptors (Lipinski definition) is 3. The summed E-state index contributed by atoms with van der Waals surface area (Å²) in [4.78, 5) is 1.24. The van der Waals surface area contributed by atoms with Crippen LogP contribution in [0, 0.1) is 5.41 Å². The zero-order chi connectivity index (χ0) is 12.0. The second-order valence-electron chi connectivity index (χ2n) is 4.17. The van der Waals surface area contributed by atoms with Crippen LogP contribution in [0.1, 0.15) is 31.6 Å². The summed E-state index contributed by atoms with van der Waals surface area (Å²) in [5, 5.41) is 12.8. The molecule has 0 fully saturated rings. The van der Waals surface area contributed by atoms with Crippen LogP contribution < -0.4 is 5.32 Å². The lowest BCUT2D eigenvalue weighted by Crippen LogP contribution is -2.36. The minimum Gasteiger partial charge on any atom is -0.396 e. The topological polar surface area (TPSA) is 32.3 Å². The fourth-order valence-corrected chi connectivity index (χ4v) is 2.73. The van der Waals surface area contributed by atoms with Crippen LogP contribution in [0.25, 0.3) is 0 Å². The van der Waals surface area contributed by atoms with E-state index in [9.17, 15) is 5.11 Å². The van der Waals surface area contributed by atoms with E-state index < -0.39 is 0 Å². The van der Waals surface area contributed by atoms with Gasteiger partial charge >= 0.3 is 0 Å². The molecule has 1 heterocycles. The predicted octanol–water partition coefficient (Wildman–Crippen LogP) is 3.29. The number of aliphatic hydroxyl groups is 1. The summed E-state index contributed by atoms with van der Waals surface area (Å²) in [6, 6.07) is 3.96. The van der Waals surface area contributed by atoms with E-state index in [2.05, 4.69) is 19.2 Å². The maximum atomic E-state index is 9.42. The Labute approximate surface area is 107 Å². The molecule has 1 aromatic rings. The number of rotatable bonds is 7. The molecule has 0 saturated carbocycles. The fraction of sp³-hybridized carbons (Fsp3) is 0.667. The van der Waals surface area contributed by atoms with Gasteiger partial charge in [-0.2, -0.15) is 0 Å². The molecule has 2 N–H and O–H groups in total. The van der Waals surface area contributed by atoms with Crippen molar-refractivity contribution in [2.24, 2.45) is 5.41 Å². The standard InChI is InChI=1S/C12H20ClNOS/c1-3-12(4-2,9-15)8-14-7-10-5-6-11(13)16-10/h5-6,14-15H,3-4,7-9H2,1-2H3. The Balaban J connectivity index is 2.39. The van der Waals surface area contributed by atoms with Crippen molar-refractivity contribution in [3.8, 4) is 0 Å². The molecular formula is C12H20ClNOS. The van der Waals surface area contributed by atoms with Crippen LogP contribution in [-0.2, 0) is 6.54 Å². The quantitative estimate of drug-likeness (QED) is 0.790. The van der Waals surface area contributed by atoms with E-state index in [-0.39, 0.29) is 12.0 Å². The van der Waals surface area contributed by atoms with Crippen molar-refractivity contribution >= 4 is 22.9 Å². The summed E-state index contributed by atoms with van der Waals surface area (Å²) in [6.07, 6.45) is 2.00. The van der Waals surface area contributed by atoms with E-state index >= 15 is 0 Å². The first-order valence-corrected chi connectivity index (χ1v) is 6.91. The first kappa shape index (κ1) is 14.0. The highest BCUT2D eigenvalue weighted by molar-refractivity contribution is 7.16. The lowest BCUT2D eigenvalue weighted by molar-refractivity contribution is 0.113. The Morgan fingerprint density at radius 2 is 2.06 bits per heavy atom. The lowest BCUT2D eigenvalue weighted by Gasteiger charge is -2.29. The van der Waals surface area contributed by atoms with Crippen LogP contribution in [-0.4, -0.2) is 18.3 Å². The van der Waals surface area contributed by atoms with Crippen LogP contribution in [0.2, 0.25) is 4.34 Å². The average Bonchev–Trinajstić information content (AvgIpc) is 2.71. The molecule has 1 rings (SSSR count). The molecule has 0 aliphatic rings. The minimum atomic E-state index is 0.0288. The highest BCUT2D eigenvalue weighted by Crippen LogP contribution is 2.25. The molecule has 0 amide bonds. The summed E-state index contributed by atoms with van der Waals surface area (Å²) in [5.74, 6) is 0. The number of aliphatic hydroxyl groups excluding tert-OH is 1. The van der Waals surface area contributed by atoms with Crippen molar-refractivity contribution in [2.75, 3.05) is 13.2 Å². The van der Waals surface area contributed by atoms with E-state index in [0.717, 1.165) is 30.3 Å². The summed E-state index contributed by atoms with van der Waals surface area (Å²) < 4.78 is 0.830. The number of hydrogen-bond donors (Lipinski definition) is 2. The molecule has 0 spiro atoms. The molecule has 4 heteroatoms. The molecule has 0 radical (unpaired) electrons. The fourth-order valence-electron chi connectivity index (χ4n) is 1.68. The molecule has 0 saturated heterocycles. The van der Waals surface area contributed by atoms with E-state index in [4.69, 9.17) is 11.6 Å². The predicted molar refractivity (Wildman–Crippen MR) is 71.1 cm³/mol. The minimum absolute atomic E-state index is 0.0288. The summed E-state index contributed by atoms with van der Waals surface area (Å²) >= 11 is 7.46. The molecule has 0 bridgehead atoms. The lowest BCUT2D eigenvalue weighted by atomic mass is 9.83. The van der Waals surface area contributed by atoms with Gasteiger partial charge in [0.25, 0.3) is 0 Å². The molecule has 0 aliphatic heterocycles. The molecule has 0 aromatic carbocycles. The Morgan fingerprint density at radius 1 is 1.38 bits per heavy atom. The summed E-state index contributed by atoms with van der Waals surface area (Å²) in [7, 11) is 0. The van der Waals surface area contributed by atoms with Gasteiger partial charge in [0, 0.05) is 30.0 Å². The molecule has 2 nitrogen and oxygen atoms in total. The number of nitrogens with one attached hydrogen (secondary N) is 1. The number of thiophene rings is 1. The van der Waals surface area contributed by atoms with Crippen molar-refractivity contribution in [1.29, 1.82) is 0 Å². The summed E-state index contributed by atoms with van der Waals surface area (Å²) in [5.41, 5.74) is 0.0288. The molecule has 0 unspecified atom stereocenters. The smallest absolute Gasteiger partial charge is 0.0931 e. The molecule has 0 aliphatic carbocycles. The van der Waals surface area contributed by atoms with Crippen molar-refractivity contribution in [3.05, 3.63) is 21.3 Å². The van der Waals surface area contributed by atoms with Gasteiger partial charge in [0.1, 0.15) is 0 Å². The van der Waals surface area contributed by atoms with Gasteiger partial charge in [0.2, 0.25) is 0 Å². The van der Waals surface area contributed by atoms with E-state index in [1.807, 2.05) is 12.1 Å². The Morgan fingerprint density at radius 3 is 2.50 bits per heavy atom. The van der Waals surface area contributed by atoms with Gasteiger partial charge < -0.3 is 10.4 Å². The Hall–Kier alpha value is -0.0900. The normalized spacial score (nSPS) is 12.0. The zero-order valence-corrected chi connectivity index (χ0v) is 11.5. The van der Waals surface area contributed by atoms with Crippen LogP contribution in [0.5, 0.6) is 0 Å². The maximum Gasteiger partial charge on any atom is 0.0931 e. The molecule has 0 atom stereocenters. The van der Waals surface area contributed by atoms with E-state index in [1.54, 1.807) is 11.3 Å². The molecule has 92 valence electrons. The third kappa shape index (κ3) is 3.74. The maximum absolute atomic E-state index is 9.42. The van der Waals surface area contributed by atoms with Crippen LogP contribution in [0.3, 0.4) is 0 Å². The van der Waals surface area contributed by atoms with Gasteiger partial charge in [-0.1, -0.05) is 25.4 Å². The summed E-state index contributed by atoms with van der Waals surface area (Å²) in [6.45, 7) is 6.19. The van der Waals surface area contributed by atoms with Gasteiger partial charge in [0.15, 0.2) is 0 Å². The van der Waals surface area contributed by atoms with Gasteiger partial charge in [-0.05, 0) is 25.0 Å². The highest BCUT2D eigenvalue weighted by atomic mass is 35.5. The van der Waals surface area contributed by atoms with Gasteiger partial charge in [-0.15, -0.1) is 11.3 Å². The van der Waals surface area contributed by atoms with Crippen LogP contribution in [0.15, 0.2) is 12.1 Å². The van der Waals surface area contributed by atoms with Crippen LogP contribution in [0.4, 0.5) is 0 Å². The largest absolute Gasteiger partial charge is 0.396 e. The SMILES string of the molecule is CCC(CC)(CO)CNCc1ccc(Cl)s1. The van der Waals surface area contributed by atoms with Crippen molar-refractivity contribution in [3.63, 3.8) is 0 Å².